The number of amides is 2. The zero-order valence-corrected chi connectivity index (χ0v) is 26.4. The SMILES string of the molecule is CC(C)N(C)C(=O)c1cc(F)ccc1Oc1cncnc1N1CC2(CCN(CC3CCC(CC(=O)N(C)C)CC3)CC2)C1. The highest BCUT2D eigenvalue weighted by Gasteiger charge is 2.46. The maximum absolute atomic E-state index is 14.1. The van der Waals surface area contributed by atoms with Crippen molar-refractivity contribution in [1.82, 2.24) is 24.7 Å². The Labute approximate surface area is 255 Å². The summed E-state index contributed by atoms with van der Waals surface area (Å²) in [7, 11) is 5.39. The van der Waals surface area contributed by atoms with Crippen LogP contribution in [0.25, 0.3) is 0 Å². The summed E-state index contributed by atoms with van der Waals surface area (Å²) >= 11 is 0. The average Bonchev–Trinajstić information content (AvgIpc) is 2.98. The van der Waals surface area contributed by atoms with Crippen molar-refractivity contribution in [3.05, 3.63) is 42.1 Å². The van der Waals surface area contributed by atoms with Crippen LogP contribution in [0.5, 0.6) is 11.5 Å². The number of halogens is 1. The van der Waals surface area contributed by atoms with Crippen LogP contribution in [0.2, 0.25) is 0 Å². The fourth-order valence-corrected chi connectivity index (χ4v) is 6.77. The van der Waals surface area contributed by atoms with Crippen LogP contribution in [0.3, 0.4) is 0 Å². The van der Waals surface area contributed by atoms with Crippen LogP contribution in [0.4, 0.5) is 10.2 Å². The maximum atomic E-state index is 14.1. The van der Waals surface area contributed by atoms with E-state index < -0.39 is 5.82 Å². The highest BCUT2D eigenvalue weighted by molar-refractivity contribution is 5.97. The average molecular weight is 595 g/mol. The molecule has 9 nitrogen and oxygen atoms in total. The molecular formula is C33H47FN6O3. The molecule has 1 saturated carbocycles. The minimum atomic E-state index is -0.488. The van der Waals surface area contributed by atoms with E-state index in [2.05, 4.69) is 19.8 Å². The third-order valence-corrected chi connectivity index (χ3v) is 9.86. The Morgan fingerprint density at radius 2 is 1.72 bits per heavy atom. The van der Waals surface area contributed by atoms with Crippen LogP contribution in [0.15, 0.2) is 30.7 Å². The molecule has 2 aliphatic heterocycles. The van der Waals surface area contributed by atoms with Gasteiger partial charge in [-0.2, -0.15) is 0 Å². The molecule has 2 saturated heterocycles. The summed E-state index contributed by atoms with van der Waals surface area (Å²) in [5, 5.41) is 0. The highest BCUT2D eigenvalue weighted by Crippen LogP contribution is 2.45. The minimum absolute atomic E-state index is 0.0389. The first kappa shape index (κ1) is 31.2. The standard InChI is InChI=1S/C33H47FN6O3/c1-23(2)38(5)32(42)27-17-26(34)10-11-28(27)43-29-18-35-22-36-31(29)40-20-33(21-40)12-14-39(15-13-33)19-25-8-6-24(7-9-25)16-30(41)37(3)4/h10-11,17-18,22-25H,6-9,12-16,19-21H2,1-5H3. The molecule has 0 N–H and O–H groups in total. The predicted molar refractivity (Wildman–Crippen MR) is 165 cm³/mol. The Morgan fingerprint density at radius 1 is 1.05 bits per heavy atom. The van der Waals surface area contributed by atoms with E-state index >= 15 is 0 Å². The third-order valence-electron chi connectivity index (χ3n) is 9.86. The zero-order valence-electron chi connectivity index (χ0n) is 26.4. The van der Waals surface area contributed by atoms with Crippen molar-refractivity contribution < 1.29 is 18.7 Å². The van der Waals surface area contributed by atoms with E-state index in [0.717, 1.165) is 44.9 Å². The second-order valence-electron chi connectivity index (χ2n) is 13.5. The molecule has 0 radical (unpaired) electrons. The van der Waals surface area contributed by atoms with Gasteiger partial charge < -0.3 is 24.3 Å². The minimum Gasteiger partial charge on any atom is -0.451 e. The number of hydrogen-bond acceptors (Lipinski definition) is 7. The Bertz CT molecular complexity index is 1280. The lowest BCUT2D eigenvalue weighted by atomic mass is 9.71. The fourth-order valence-electron chi connectivity index (χ4n) is 6.77. The number of anilines is 1. The van der Waals surface area contributed by atoms with Gasteiger partial charge in [-0.25, -0.2) is 14.4 Å². The van der Waals surface area contributed by atoms with E-state index in [9.17, 15) is 14.0 Å². The van der Waals surface area contributed by atoms with Gasteiger partial charge in [0.2, 0.25) is 5.91 Å². The first-order valence-electron chi connectivity index (χ1n) is 15.8. The quantitative estimate of drug-likeness (QED) is 0.401. The van der Waals surface area contributed by atoms with Crippen molar-refractivity contribution in [2.45, 2.75) is 64.8 Å². The lowest BCUT2D eigenvalue weighted by Gasteiger charge is -2.54. The van der Waals surface area contributed by atoms with Gasteiger partial charge in [0.15, 0.2) is 11.6 Å². The molecule has 2 amide bonds. The summed E-state index contributed by atoms with van der Waals surface area (Å²) < 4.78 is 20.4. The third kappa shape index (κ3) is 7.28. The molecule has 1 aromatic carbocycles. The molecular weight excluding hydrogens is 547 g/mol. The van der Waals surface area contributed by atoms with Crippen molar-refractivity contribution in [2.75, 3.05) is 58.8 Å². The van der Waals surface area contributed by atoms with Crippen LogP contribution in [0.1, 0.15) is 69.2 Å². The lowest BCUT2D eigenvalue weighted by molar-refractivity contribution is -0.130. The first-order chi connectivity index (χ1) is 20.5. The molecule has 0 bridgehead atoms. The van der Waals surface area contributed by atoms with Crippen molar-refractivity contribution in [3.63, 3.8) is 0 Å². The van der Waals surface area contributed by atoms with Crippen molar-refractivity contribution in [1.29, 1.82) is 0 Å². The van der Waals surface area contributed by atoms with E-state index in [1.165, 1.54) is 56.8 Å². The van der Waals surface area contributed by atoms with Gasteiger partial charge in [-0.1, -0.05) is 0 Å². The van der Waals surface area contributed by atoms with E-state index in [0.29, 0.717) is 23.9 Å². The largest absolute Gasteiger partial charge is 0.451 e. The van der Waals surface area contributed by atoms with Crippen LogP contribution >= 0.6 is 0 Å². The highest BCUT2D eigenvalue weighted by atomic mass is 19.1. The lowest BCUT2D eigenvalue weighted by Crippen LogP contribution is -2.61. The van der Waals surface area contributed by atoms with Crippen molar-refractivity contribution >= 4 is 17.6 Å². The Morgan fingerprint density at radius 3 is 2.37 bits per heavy atom. The van der Waals surface area contributed by atoms with Gasteiger partial charge >= 0.3 is 0 Å². The van der Waals surface area contributed by atoms with Gasteiger partial charge in [0.1, 0.15) is 17.9 Å². The van der Waals surface area contributed by atoms with Gasteiger partial charge in [0, 0.05) is 58.7 Å². The molecule has 2 aromatic rings. The number of carbonyl (C=O) groups is 2. The van der Waals surface area contributed by atoms with E-state index in [-0.39, 0.29) is 34.6 Å². The molecule has 1 aromatic heterocycles. The summed E-state index contributed by atoms with van der Waals surface area (Å²) in [6.07, 6.45) is 10.9. The van der Waals surface area contributed by atoms with Gasteiger partial charge in [-0.3, -0.25) is 9.59 Å². The molecule has 0 atom stereocenters. The molecule has 234 valence electrons. The number of benzene rings is 1. The molecule has 3 fully saturated rings. The molecule has 10 heteroatoms. The van der Waals surface area contributed by atoms with E-state index in [4.69, 9.17) is 4.74 Å². The number of likely N-dealkylation sites (tertiary alicyclic amines) is 1. The Hall–Kier alpha value is -3.27. The van der Waals surface area contributed by atoms with Gasteiger partial charge in [-0.05, 0) is 95.5 Å². The van der Waals surface area contributed by atoms with Gasteiger partial charge in [0.25, 0.3) is 5.91 Å². The maximum Gasteiger partial charge on any atom is 0.257 e. The van der Waals surface area contributed by atoms with Crippen LogP contribution in [-0.2, 0) is 4.79 Å². The summed E-state index contributed by atoms with van der Waals surface area (Å²) in [6, 6.07) is 3.98. The molecule has 1 spiro atoms. The molecule has 1 aliphatic carbocycles. The Balaban J connectivity index is 1.14. The van der Waals surface area contributed by atoms with Gasteiger partial charge in [-0.15, -0.1) is 0 Å². The Kier molecular flexibility index (Phi) is 9.54. The number of carbonyl (C=O) groups excluding carboxylic acids is 2. The smallest absolute Gasteiger partial charge is 0.257 e. The van der Waals surface area contributed by atoms with Crippen LogP contribution in [-0.4, -0.2) is 96.4 Å². The monoisotopic (exact) mass is 594 g/mol. The molecule has 43 heavy (non-hydrogen) atoms. The number of hydrogen-bond donors (Lipinski definition) is 0. The zero-order chi connectivity index (χ0) is 30.7. The fraction of sp³-hybridized carbons (Fsp3) is 0.636. The predicted octanol–water partition coefficient (Wildman–Crippen LogP) is 5.08. The number of aromatic nitrogens is 2. The van der Waals surface area contributed by atoms with Crippen molar-refractivity contribution in [2.24, 2.45) is 17.3 Å². The number of ether oxygens (including phenoxy) is 1. The summed E-state index contributed by atoms with van der Waals surface area (Å²) in [5.74, 6) is 2.20. The first-order valence-corrected chi connectivity index (χ1v) is 15.8. The molecule has 0 unspecified atom stereocenters. The molecule has 5 rings (SSSR count). The number of rotatable bonds is 9. The summed E-state index contributed by atoms with van der Waals surface area (Å²) in [5.41, 5.74) is 0.453. The molecule has 3 heterocycles. The summed E-state index contributed by atoms with van der Waals surface area (Å²) in [4.78, 5) is 42.0. The van der Waals surface area contributed by atoms with Crippen molar-refractivity contribution in [3.8, 4) is 11.5 Å². The van der Waals surface area contributed by atoms with E-state index in [1.54, 1.807) is 23.0 Å². The topological polar surface area (TPSA) is 82.1 Å². The van der Waals surface area contributed by atoms with E-state index in [1.807, 2.05) is 27.9 Å². The summed E-state index contributed by atoms with van der Waals surface area (Å²) in [6.45, 7) is 9.04. The second kappa shape index (κ2) is 13.2. The number of nitrogens with zero attached hydrogens (tertiary/aromatic N) is 6. The van der Waals surface area contributed by atoms with Crippen LogP contribution in [0, 0.1) is 23.1 Å². The van der Waals surface area contributed by atoms with Crippen LogP contribution < -0.4 is 9.64 Å². The molecule has 3 aliphatic rings. The normalized spacial score (nSPS) is 21.9. The van der Waals surface area contributed by atoms with Gasteiger partial charge in [0.05, 0.1) is 11.8 Å². The number of piperidine rings is 1. The second-order valence-corrected chi connectivity index (χ2v) is 13.5.